The molecule has 0 aromatic carbocycles. The summed E-state index contributed by atoms with van der Waals surface area (Å²) in [6.45, 7) is 4.01. The van der Waals surface area contributed by atoms with Gasteiger partial charge in [0, 0.05) is 17.5 Å². The van der Waals surface area contributed by atoms with Crippen LogP contribution in [0.2, 0.25) is 5.02 Å². The van der Waals surface area contributed by atoms with Gasteiger partial charge in [0.15, 0.2) is 0 Å². The van der Waals surface area contributed by atoms with Crippen LogP contribution in [0.15, 0.2) is 29.2 Å². The second-order valence-electron chi connectivity index (χ2n) is 3.63. The van der Waals surface area contributed by atoms with Gasteiger partial charge >= 0.3 is 0 Å². The van der Waals surface area contributed by atoms with Gasteiger partial charge < -0.3 is 4.42 Å². The van der Waals surface area contributed by atoms with Gasteiger partial charge in [-0.15, -0.1) is 0 Å². The Bertz CT molecular complexity index is 533. The van der Waals surface area contributed by atoms with Crippen molar-refractivity contribution in [2.24, 2.45) is 0 Å². The van der Waals surface area contributed by atoms with E-state index in [9.17, 15) is 0 Å². The molecule has 2 aromatic rings. The van der Waals surface area contributed by atoms with E-state index in [2.05, 4.69) is 23.0 Å². The molecule has 0 N–H and O–H groups in total. The minimum absolute atomic E-state index is 0.494. The van der Waals surface area contributed by atoms with E-state index < -0.39 is 0 Å². The van der Waals surface area contributed by atoms with E-state index in [1.807, 2.05) is 13.0 Å². The van der Waals surface area contributed by atoms with Crippen LogP contribution in [0.1, 0.15) is 24.6 Å². The molecule has 0 bridgehead atoms. The van der Waals surface area contributed by atoms with Crippen molar-refractivity contribution in [3.05, 3.63) is 41.0 Å². The molecule has 88 valence electrons. The molecule has 0 spiro atoms. The first-order chi connectivity index (χ1) is 8.24. The minimum Gasteiger partial charge on any atom is -0.444 e. The number of hydrogen-bond donors (Lipinski definition) is 0. The van der Waals surface area contributed by atoms with Gasteiger partial charge in [-0.3, -0.25) is 4.98 Å². The fourth-order valence-corrected chi connectivity index (χ4v) is 1.86. The van der Waals surface area contributed by atoms with Gasteiger partial charge in [-0.1, -0.05) is 30.7 Å². The zero-order valence-electron chi connectivity index (χ0n) is 9.77. The number of aromatic nitrogens is 2. The van der Waals surface area contributed by atoms with E-state index >= 15 is 0 Å². The number of oxazole rings is 1. The lowest BCUT2D eigenvalue weighted by atomic mass is 10.1. The lowest BCUT2D eigenvalue weighted by Gasteiger charge is -2.06. The van der Waals surface area contributed by atoms with E-state index in [0.717, 1.165) is 23.2 Å². The Morgan fingerprint density at radius 3 is 2.88 bits per heavy atom. The third-order valence-electron chi connectivity index (χ3n) is 2.43. The first kappa shape index (κ1) is 11.9. The number of pyridine rings is 1. The van der Waals surface area contributed by atoms with Crippen molar-refractivity contribution in [1.82, 2.24) is 9.97 Å². The fraction of sp³-hybridized carbons (Fsp3) is 0.231. The highest BCUT2D eigenvalue weighted by molar-refractivity contribution is 6.34. The summed E-state index contributed by atoms with van der Waals surface area (Å²) < 4.78 is 5.24. The van der Waals surface area contributed by atoms with Crippen molar-refractivity contribution in [2.75, 3.05) is 0 Å². The first-order valence-corrected chi connectivity index (χ1v) is 5.83. The minimum atomic E-state index is 0.494. The molecule has 0 saturated carbocycles. The Morgan fingerprint density at radius 2 is 2.24 bits per heavy atom. The number of rotatable bonds is 3. The molecule has 4 heteroatoms. The van der Waals surface area contributed by atoms with Crippen LogP contribution >= 0.6 is 11.6 Å². The maximum atomic E-state index is 6.35. The third kappa shape index (κ3) is 2.39. The fourth-order valence-electron chi connectivity index (χ4n) is 1.53. The van der Waals surface area contributed by atoms with Crippen LogP contribution in [0.4, 0.5) is 0 Å². The Labute approximate surface area is 105 Å². The molecule has 0 amide bonds. The van der Waals surface area contributed by atoms with Gasteiger partial charge in [0.05, 0.1) is 16.8 Å². The summed E-state index contributed by atoms with van der Waals surface area (Å²) in [5, 5.41) is 0.629. The molecule has 0 aliphatic heterocycles. The summed E-state index contributed by atoms with van der Waals surface area (Å²) in [5.41, 5.74) is 2.54. The molecule has 0 aliphatic carbocycles. The number of aryl methyl sites for hydroxylation is 1. The largest absolute Gasteiger partial charge is 0.444 e. The molecule has 0 saturated heterocycles. The first-order valence-electron chi connectivity index (χ1n) is 5.45. The van der Waals surface area contributed by atoms with E-state index in [1.54, 1.807) is 12.4 Å². The third-order valence-corrected chi connectivity index (χ3v) is 2.84. The van der Waals surface area contributed by atoms with Crippen LogP contribution in [0.3, 0.4) is 0 Å². The van der Waals surface area contributed by atoms with Crippen LogP contribution in [0.5, 0.6) is 0 Å². The zero-order chi connectivity index (χ0) is 12.3. The summed E-state index contributed by atoms with van der Waals surface area (Å²) in [7, 11) is 0. The quantitative estimate of drug-likeness (QED) is 0.820. The highest BCUT2D eigenvalue weighted by Gasteiger charge is 2.13. The van der Waals surface area contributed by atoms with Crippen LogP contribution in [0, 0.1) is 6.92 Å². The highest BCUT2D eigenvalue weighted by Crippen LogP contribution is 2.31. The lowest BCUT2D eigenvalue weighted by Crippen LogP contribution is -1.91. The molecule has 3 nitrogen and oxygen atoms in total. The molecular weight excluding hydrogens is 236 g/mol. The average Bonchev–Trinajstić information content (AvgIpc) is 2.82. The van der Waals surface area contributed by atoms with Gasteiger partial charge in [-0.25, -0.2) is 4.98 Å². The van der Waals surface area contributed by atoms with Crippen molar-refractivity contribution in [1.29, 1.82) is 0 Å². The van der Waals surface area contributed by atoms with Gasteiger partial charge in [0.1, 0.15) is 6.26 Å². The number of hydrogen-bond acceptors (Lipinski definition) is 3. The van der Waals surface area contributed by atoms with Gasteiger partial charge in [-0.2, -0.15) is 0 Å². The molecule has 0 radical (unpaired) electrons. The SMILES string of the molecule is CC/C=C\c1c(C)ncc(-c2ncco2)c1Cl. The summed E-state index contributed by atoms with van der Waals surface area (Å²) in [6, 6.07) is 0. The van der Waals surface area contributed by atoms with Crippen LogP contribution in [0.25, 0.3) is 17.5 Å². The number of allylic oxidation sites excluding steroid dienone is 1. The van der Waals surface area contributed by atoms with E-state index in [4.69, 9.17) is 16.0 Å². The standard InChI is InChI=1S/C13H13ClN2O/c1-3-4-5-10-9(2)16-8-11(12(10)14)13-15-6-7-17-13/h4-8H,3H2,1-2H3/b5-4-. The number of nitrogens with zero attached hydrogens (tertiary/aromatic N) is 2. The van der Waals surface area contributed by atoms with E-state index in [1.165, 1.54) is 6.26 Å². The van der Waals surface area contributed by atoms with Crippen LogP contribution in [-0.4, -0.2) is 9.97 Å². The normalized spacial score (nSPS) is 11.2. The van der Waals surface area contributed by atoms with Gasteiger partial charge in [0.25, 0.3) is 0 Å². The second kappa shape index (κ2) is 5.15. The van der Waals surface area contributed by atoms with Crippen molar-refractivity contribution in [2.45, 2.75) is 20.3 Å². The monoisotopic (exact) mass is 248 g/mol. The lowest BCUT2D eigenvalue weighted by molar-refractivity contribution is 0.574. The summed E-state index contributed by atoms with van der Waals surface area (Å²) >= 11 is 6.35. The Balaban J connectivity index is 2.53. The molecule has 0 aliphatic rings. The van der Waals surface area contributed by atoms with Crippen molar-refractivity contribution in [3.63, 3.8) is 0 Å². The average molecular weight is 249 g/mol. The number of halogens is 1. The van der Waals surface area contributed by atoms with E-state index in [-0.39, 0.29) is 0 Å². The van der Waals surface area contributed by atoms with Crippen molar-refractivity contribution < 1.29 is 4.42 Å². The molecule has 0 atom stereocenters. The predicted octanol–water partition coefficient (Wildman–Crippen LogP) is 4.12. The van der Waals surface area contributed by atoms with Crippen molar-refractivity contribution in [3.8, 4) is 11.5 Å². The summed E-state index contributed by atoms with van der Waals surface area (Å²) in [6.07, 6.45) is 9.79. The maximum absolute atomic E-state index is 6.35. The zero-order valence-corrected chi connectivity index (χ0v) is 10.5. The Hall–Kier alpha value is -1.61. The molecule has 2 rings (SSSR count). The molecule has 0 unspecified atom stereocenters. The smallest absolute Gasteiger partial charge is 0.228 e. The van der Waals surface area contributed by atoms with Gasteiger partial charge in [-0.05, 0) is 13.3 Å². The molecule has 2 aromatic heterocycles. The molecule has 2 heterocycles. The Morgan fingerprint density at radius 1 is 1.41 bits per heavy atom. The van der Waals surface area contributed by atoms with E-state index in [0.29, 0.717) is 10.9 Å². The summed E-state index contributed by atoms with van der Waals surface area (Å²) in [4.78, 5) is 8.40. The highest BCUT2D eigenvalue weighted by atomic mass is 35.5. The topological polar surface area (TPSA) is 38.9 Å². The Kier molecular flexibility index (Phi) is 3.59. The molecular formula is C13H13ClN2O. The second-order valence-corrected chi connectivity index (χ2v) is 4.01. The van der Waals surface area contributed by atoms with Gasteiger partial charge in [0.2, 0.25) is 5.89 Å². The predicted molar refractivity (Wildman–Crippen MR) is 68.8 cm³/mol. The van der Waals surface area contributed by atoms with Crippen molar-refractivity contribution >= 4 is 17.7 Å². The van der Waals surface area contributed by atoms with Crippen LogP contribution < -0.4 is 0 Å². The molecule has 0 fully saturated rings. The summed E-state index contributed by atoms with van der Waals surface area (Å²) in [5.74, 6) is 0.494. The van der Waals surface area contributed by atoms with Crippen LogP contribution in [-0.2, 0) is 0 Å². The maximum Gasteiger partial charge on any atom is 0.228 e. The molecule has 17 heavy (non-hydrogen) atoms.